The molecular weight excluding hydrogens is 296 g/mol. The molecule has 8 nitrogen and oxygen atoms in total. The maximum atomic E-state index is 11.4. The smallest absolute Gasteiger partial charge is 0.339 e. The van der Waals surface area contributed by atoms with Gasteiger partial charge in [-0.25, -0.2) is 9.59 Å². The molecule has 0 saturated heterocycles. The van der Waals surface area contributed by atoms with Gasteiger partial charge in [-0.05, 0) is 23.8 Å². The number of aromatic hydroxyl groups is 1. The van der Waals surface area contributed by atoms with Crippen LogP contribution >= 0.6 is 0 Å². The Morgan fingerprint density at radius 3 is 2.23 bits per heavy atom. The van der Waals surface area contributed by atoms with Gasteiger partial charge in [0.15, 0.2) is 0 Å². The highest BCUT2D eigenvalue weighted by atomic mass is 16.5. The van der Waals surface area contributed by atoms with Crippen molar-refractivity contribution in [2.75, 3.05) is 6.61 Å². The number of hydrogen-bond acceptors (Lipinski definition) is 6. The second kappa shape index (κ2) is 7.23. The van der Waals surface area contributed by atoms with E-state index in [1.807, 2.05) is 0 Å². The quantitative estimate of drug-likeness (QED) is 0.414. The van der Waals surface area contributed by atoms with Crippen LogP contribution in [0.1, 0.15) is 12.0 Å². The van der Waals surface area contributed by atoms with E-state index in [9.17, 15) is 19.5 Å². The molecule has 1 atom stereocenters. The fourth-order valence-corrected chi connectivity index (χ4v) is 1.43. The van der Waals surface area contributed by atoms with Gasteiger partial charge in [-0.2, -0.15) is 0 Å². The zero-order chi connectivity index (χ0) is 16.8. The van der Waals surface area contributed by atoms with E-state index < -0.39 is 36.5 Å². The molecule has 0 saturated carbocycles. The van der Waals surface area contributed by atoms with E-state index in [1.54, 1.807) is 0 Å². The van der Waals surface area contributed by atoms with Gasteiger partial charge >= 0.3 is 17.9 Å². The molecule has 1 aromatic carbocycles. The van der Waals surface area contributed by atoms with Crippen LogP contribution in [0.2, 0.25) is 0 Å². The molecule has 0 aliphatic rings. The van der Waals surface area contributed by atoms with Crippen molar-refractivity contribution < 1.29 is 39.5 Å². The summed E-state index contributed by atoms with van der Waals surface area (Å²) in [7, 11) is 0. The highest BCUT2D eigenvalue weighted by Gasteiger charge is 2.40. The fourth-order valence-electron chi connectivity index (χ4n) is 1.43. The maximum absolute atomic E-state index is 11.4. The molecule has 0 spiro atoms. The molecule has 0 radical (unpaired) electrons. The molecule has 4 N–H and O–H groups in total. The van der Waals surface area contributed by atoms with Crippen molar-refractivity contribution in [3.63, 3.8) is 0 Å². The first-order chi connectivity index (χ1) is 10.2. The van der Waals surface area contributed by atoms with E-state index in [4.69, 9.17) is 15.3 Å². The Hall–Kier alpha value is -2.87. The van der Waals surface area contributed by atoms with Gasteiger partial charge in [-0.15, -0.1) is 0 Å². The van der Waals surface area contributed by atoms with Crippen molar-refractivity contribution in [1.82, 2.24) is 0 Å². The number of carbonyl (C=O) groups is 3. The summed E-state index contributed by atoms with van der Waals surface area (Å²) in [5, 5.41) is 36.0. The lowest BCUT2D eigenvalue weighted by molar-refractivity contribution is -0.174. The van der Waals surface area contributed by atoms with Crippen LogP contribution in [0.3, 0.4) is 0 Å². The second-order valence-electron chi connectivity index (χ2n) is 4.44. The Labute approximate surface area is 124 Å². The Balaban J connectivity index is 2.62. The Morgan fingerprint density at radius 1 is 1.14 bits per heavy atom. The van der Waals surface area contributed by atoms with Gasteiger partial charge in [0.2, 0.25) is 5.60 Å². The van der Waals surface area contributed by atoms with Crippen molar-refractivity contribution in [3.05, 3.63) is 35.9 Å². The molecule has 0 fully saturated rings. The van der Waals surface area contributed by atoms with Crippen molar-refractivity contribution in [1.29, 1.82) is 0 Å². The Bertz CT molecular complexity index is 589. The van der Waals surface area contributed by atoms with E-state index in [0.29, 0.717) is 5.56 Å². The second-order valence-corrected chi connectivity index (χ2v) is 4.44. The predicted octanol–water partition coefficient (Wildman–Crippen LogP) is 0.239. The molecule has 1 unspecified atom stereocenters. The van der Waals surface area contributed by atoms with Crippen LogP contribution in [0, 0.1) is 0 Å². The SMILES string of the molecule is O=C(O)CC(O)(COC(=O)C=Cc1ccc(O)cc1)C(=O)O. The van der Waals surface area contributed by atoms with Crippen molar-refractivity contribution in [2.24, 2.45) is 0 Å². The lowest BCUT2D eigenvalue weighted by Gasteiger charge is -2.20. The van der Waals surface area contributed by atoms with Crippen molar-refractivity contribution in [2.45, 2.75) is 12.0 Å². The van der Waals surface area contributed by atoms with Gasteiger partial charge in [0.25, 0.3) is 0 Å². The number of benzene rings is 1. The van der Waals surface area contributed by atoms with Crippen LogP contribution in [0.5, 0.6) is 5.75 Å². The minimum atomic E-state index is -2.69. The molecule has 22 heavy (non-hydrogen) atoms. The van der Waals surface area contributed by atoms with Crippen molar-refractivity contribution >= 4 is 24.0 Å². The molecule has 0 bridgehead atoms. The molecule has 8 heteroatoms. The number of ether oxygens (including phenoxy) is 1. The number of aliphatic hydroxyl groups is 1. The largest absolute Gasteiger partial charge is 0.508 e. The predicted molar refractivity (Wildman–Crippen MR) is 72.9 cm³/mol. The first kappa shape index (κ1) is 17.2. The molecule has 118 valence electrons. The lowest BCUT2D eigenvalue weighted by atomic mass is 10.0. The highest BCUT2D eigenvalue weighted by Crippen LogP contribution is 2.13. The molecule has 0 aromatic heterocycles. The number of carboxylic acid groups (broad SMARTS) is 2. The number of carbonyl (C=O) groups excluding carboxylic acids is 1. The lowest BCUT2D eigenvalue weighted by Crippen LogP contribution is -2.45. The molecule has 0 aliphatic heterocycles. The van der Waals surface area contributed by atoms with Crippen LogP contribution in [-0.2, 0) is 19.1 Å². The van der Waals surface area contributed by atoms with Crippen LogP contribution in [-0.4, -0.2) is 50.5 Å². The number of hydrogen-bond donors (Lipinski definition) is 4. The van der Waals surface area contributed by atoms with Gasteiger partial charge in [0.05, 0.1) is 6.42 Å². The number of carboxylic acids is 2. The van der Waals surface area contributed by atoms with Gasteiger partial charge < -0.3 is 25.2 Å². The molecule has 1 rings (SSSR count). The van der Waals surface area contributed by atoms with E-state index in [-0.39, 0.29) is 5.75 Å². The summed E-state index contributed by atoms with van der Waals surface area (Å²) in [5.41, 5.74) is -2.11. The normalized spacial score (nSPS) is 13.5. The van der Waals surface area contributed by atoms with Gasteiger partial charge in [-0.1, -0.05) is 12.1 Å². The summed E-state index contributed by atoms with van der Waals surface area (Å²) < 4.78 is 4.55. The summed E-state index contributed by atoms with van der Waals surface area (Å²) in [6, 6.07) is 5.86. The van der Waals surface area contributed by atoms with Crippen LogP contribution in [0.15, 0.2) is 30.3 Å². The monoisotopic (exact) mass is 310 g/mol. The third-order valence-electron chi connectivity index (χ3n) is 2.60. The van der Waals surface area contributed by atoms with Crippen LogP contribution < -0.4 is 0 Å². The number of phenolic OH excluding ortho intramolecular Hbond substituents is 1. The topological polar surface area (TPSA) is 141 Å². The van der Waals surface area contributed by atoms with Gasteiger partial charge in [0.1, 0.15) is 12.4 Å². The molecule has 0 aliphatic carbocycles. The Kier molecular flexibility index (Phi) is 5.65. The zero-order valence-corrected chi connectivity index (χ0v) is 11.3. The van der Waals surface area contributed by atoms with Crippen LogP contribution in [0.4, 0.5) is 0 Å². The van der Waals surface area contributed by atoms with E-state index >= 15 is 0 Å². The average Bonchev–Trinajstić information content (AvgIpc) is 2.43. The minimum absolute atomic E-state index is 0.0555. The summed E-state index contributed by atoms with van der Waals surface area (Å²) in [4.78, 5) is 32.8. The van der Waals surface area contributed by atoms with E-state index in [1.165, 1.54) is 30.3 Å². The van der Waals surface area contributed by atoms with Crippen LogP contribution in [0.25, 0.3) is 6.08 Å². The van der Waals surface area contributed by atoms with Gasteiger partial charge in [0, 0.05) is 6.08 Å². The molecule has 0 amide bonds. The summed E-state index contributed by atoms with van der Waals surface area (Å²) >= 11 is 0. The molecule has 1 aromatic rings. The first-order valence-corrected chi connectivity index (χ1v) is 6.04. The first-order valence-electron chi connectivity index (χ1n) is 6.04. The molecular formula is C14H14O8. The third-order valence-corrected chi connectivity index (χ3v) is 2.60. The third kappa shape index (κ3) is 5.25. The summed E-state index contributed by atoms with van der Waals surface area (Å²) in [6.45, 7) is -0.993. The summed E-state index contributed by atoms with van der Waals surface area (Å²) in [6.07, 6.45) is 1.23. The zero-order valence-electron chi connectivity index (χ0n) is 11.3. The van der Waals surface area contributed by atoms with Gasteiger partial charge in [-0.3, -0.25) is 4.79 Å². The standard InChI is InChI=1S/C14H14O8/c15-10-4-1-9(2-5-10)3-6-12(18)22-8-14(21,13(19)20)7-11(16)17/h1-6,15,21H,7-8H2,(H,16,17)(H,19,20). The Morgan fingerprint density at radius 2 is 1.73 bits per heavy atom. The minimum Gasteiger partial charge on any atom is -0.508 e. The summed E-state index contributed by atoms with van der Waals surface area (Å²) in [5.74, 6) is -4.23. The number of phenols is 1. The number of esters is 1. The maximum Gasteiger partial charge on any atom is 0.339 e. The van der Waals surface area contributed by atoms with E-state index in [0.717, 1.165) is 6.08 Å². The average molecular weight is 310 g/mol. The fraction of sp³-hybridized carbons (Fsp3) is 0.214. The molecule has 0 heterocycles. The van der Waals surface area contributed by atoms with Crippen molar-refractivity contribution in [3.8, 4) is 5.75 Å². The number of rotatable bonds is 7. The number of aliphatic carboxylic acids is 2. The van der Waals surface area contributed by atoms with E-state index in [2.05, 4.69) is 4.74 Å². The highest BCUT2D eigenvalue weighted by molar-refractivity contribution is 5.88.